The topological polar surface area (TPSA) is 30.2 Å². The fraction of sp³-hybridized carbons (Fsp3) is 0.100. The van der Waals surface area contributed by atoms with Crippen molar-refractivity contribution in [3.05, 3.63) is 46.1 Å². The van der Waals surface area contributed by atoms with Crippen molar-refractivity contribution < 1.29 is 8.81 Å². The van der Waals surface area contributed by atoms with Crippen molar-refractivity contribution >= 4 is 11.0 Å². The fourth-order valence-corrected chi connectivity index (χ4v) is 1.27. The third-order valence-electron chi connectivity index (χ3n) is 2.01. The molecule has 1 aromatic carbocycles. The molecule has 2 aromatic rings. The van der Waals surface area contributed by atoms with Crippen LogP contribution in [-0.2, 0) is 0 Å². The molecule has 0 spiro atoms. The van der Waals surface area contributed by atoms with Gasteiger partial charge in [0.25, 0.3) is 0 Å². The lowest BCUT2D eigenvalue weighted by Gasteiger charge is -1.99. The van der Waals surface area contributed by atoms with Crippen LogP contribution < -0.4 is 5.43 Å². The van der Waals surface area contributed by atoms with E-state index in [1.54, 1.807) is 6.92 Å². The van der Waals surface area contributed by atoms with Gasteiger partial charge in [-0.05, 0) is 19.1 Å². The summed E-state index contributed by atoms with van der Waals surface area (Å²) in [4.78, 5) is 11.3. The Kier molecular flexibility index (Phi) is 1.65. The van der Waals surface area contributed by atoms with Crippen molar-refractivity contribution in [2.24, 2.45) is 0 Å². The predicted octanol–water partition coefficient (Wildman–Crippen LogP) is 2.24. The van der Waals surface area contributed by atoms with Crippen LogP contribution in [0.1, 0.15) is 5.56 Å². The van der Waals surface area contributed by atoms with E-state index in [0.717, 1.165) is 0 Å². The smallest absolute Gasteiger partial charge is 0.192 e. The first kappa shape index (κ1) is 7.98. The minimum absolute atomic E-state index is 0.149. The Labute approximate surface area is 73.6 Å². The summed E-state index contributed by atoms with van der Waals surface area (Å²) in [5.74, 6) is -0.359. The Morgan fingerprint density at radius 1 is 1.31 bits per heavy atom. The Balaban J connectivity index is 3.03. The van der Waals surface area contributed by atoms with E-state index >= 15 is 0 Å². The zero-order valence-electron chi connectivity index (χ0n) is 7.00. The number of aryl methyl sites for hydroxylation is 1. The second-order valence-electron chi connectivity index (χ2n) is 2.83. The molecule has 66 valence electrons. The predicted molar refractivity (Wildman–Crippen MR) is 47.2 cm³/mol. The monoisotopic (exact) mass is 178 g/mol. The fourth-order valence-electron chi connectivity index (χ4n) is 1.27. The zero-order valence-corrected chi connectivity index (χ0v) is 7.00. The highest BCUT2D eigenvalue weighted by molar-refractivity contribution is 5.79. The number of benzene rings is 1. The second-order valence-corrected chi connectivity index (χ2v) is 2.83. The molecular weight excluding hydrogens is 171 g/mol. The number of hydrogen-bond donors (Lipinski definition) is 0. The summed E-state index contributed by atoms with van der Waals surface area (Å²) < 4.78 is 18.1. The number of halogens is 1. The Hall–Kier alpha value is -1.64. The van der Waals surface area contributed by atoms with E-state index in [1.165, 1.54) is 24.5 Å². The molecule has 0 amide bonds. The summed E-state index contributed by atoms with van der Waals surface area (Å²) in [6.45, 7) is 1.58. The molecule has 0 atom stereocenters. The molecule has 0 aliphatic rings. The highest BCUT2D eigenvalue weighted by atomic mass is 19.1. The first-order chi connectivity index (χ1) is 6.20. The lowest BCUT2D eigenvalue weighted by Crippen LogP contribution is -1.99. The molecule has 0 fully saturated rings. The lowest BCUT2D eigenvalue weighted by molar-refractivity contribution is 0.580. The molecular formula is C10H7FO2. The van der Waals surface area contributed by atoms with Gasteiger partial charge in [-0.3, -0.25) is 4.79 Å². The average Bonchev–Trinajstić information content (AvgIpc) is 2.12. The summed E-state index contributed by atoms with van der Waals surface area (Å²) in [7, 11) is 0. The average molecular weight is 178 g/mol. The van der Waals surface area contributed by atoms with E-state index < -0.39 is 0 Å². The van der Waals surface area contributed by atoms with Crippen LogP contribution in [0.4, 0.5) is 4.39 Å². The highest BCUT2D eigenvalue weighted by Gasteiger charge is 2.06. The SMILES string of the molecule is Cc1c(F)ccc2c(=O)ccoc12. The minimum Gasteiger partial charge on any atom is -0.464 e. The molecule has 0 saturated heterocycles. The van der Waals surface area contributed by atoms with Crippen molar-refractivity contribution in [1.29, 1.82) is 0 Å². The van der Waals surface area contributed by atoms with Crippen LogP contribution >= 0.6 is 0 Å². The molecule has 0 N–H and O–H groups in total. The van der Waals surface area contributed by atoms with Crippen molar-refractivity contribution in [1.82, 2.24) is 0 Å². The van der Waals surface area contributed by atoms with E-state index in [9.17, 15) is 9.18 Å². The van der Waals surface area contributed by atoms with Gasteiger partial charge < -0.3 is 4.42 Å². The molecule has 0 unspecified atom stereocenters. The number of fused-ring (bicyclic) bond motifs is 1. The van der Waals surface area contributed by atoms with Crippen molar-refractivity contribution in [2.45, 2.75) is 6.92 Å². The van der Waals surface area contributed by atoms with Crippen molar-refractivity contribution in [2.75, 3.05) is 0 Å². The van der Waals surface area contributed by atoms with Gasteiger partial charge in [0.15, 0.2) is 5.43 Å². The molecule has 1 aromatic heterocycles. The Morgan fingerprint density at radius 2 is 2.08 bits per heavy atom. The van der Waals surface area contributed by atoms with Crippen LogP contribution in [-0.4, -0.2) is 0 Å². The van der Waals surface area contributed by atoms with E-state index in [0.29, 0.717) is 16.5 Å². The minimum atomic E-state index is -0.359. The van der Waals surface area contributed by atoms with Gasteiger partial charge in [-0.2, -0.15) is 0 Å². The number of hydrogen-bond acceptors (Lipinski definition) is 2. The van der Waals surface area contributed by atoms with Crippen LogP contribution in [0.3, 0.4) is 0 Å². The second kappa shape index (κ2) is 2.69. The normalized spacial score (nSPS) is 10.6. The van der Waals surface area contributed by atoms with E-state index in [4.69, 9.17) is 4.42 Å². The third-order valence-corrected chi connectivity index (χ3v) is 2.01. The van der Waals surface area contributed by atoms with E-state index in [2.05, 4.69) is 0 Å². The summed E-state index contributed by atoms with van der Waals surface area (Å²) in [5.41, 5.74) is 0.548. The van der Waals surface area contributed by atoms with E-state index in [-0.39, 0.29) is 11.2 Å². The van der Waals surface area contributed by atoms with Crippen LogP contribution in [0.25, 0.3) is 11.0 Å². The van der Waals surface area contributed by atoms with Crippen LogP contribution in [0.5, 0.6) is 0 Å². The van der Waals surface area contributed by atoms with Gasteiger partial charge in [0.1, 0.15) is 11.4 Å². The van der Waals surface area contributed by atoms with Gasteiger partial charge in [-0.1, -0.05) is 0 Å². The van der Waals surface area contributed by atoms with Gasteiger partial charge in [-0.25, -0.2) is 4.39 Å². The summed E-state index contributed by atoms with van der Waals surface area (Å²) >= 11 is 0. The summed E-state index contributed by atoms with van der Waals surface area (Å²) in [5, 5.41) is 0.418. The summed E-state index contributed by atoms with van der Waals surface area (Å²) in [6, 6.07) is 4.03. The molecule has 0 bridgehead atoms. The largest absolute Gasteiger partial charge is 0.464 e. The van der Waals surface area contributed by atoms with E-state index in [1.807, 2.05) is 0 Å². The first-order valence-electron chi connectivity index (χ1n) is 3.87. The van der Waals surface area contributed by atoms with Crippen LogP contribution in [0, 0.1) is 12.7 Å². The van der Waals surface area contributed by atoms with Gasteiger partial charge >= 0.3 is 0 Å². The maximum atomic E-state index is 13.0. The van der Waals surface area contributed by atoms with Crippen molar-refractivity contribution in [3.8, 4) is 0 Å². The lowest BCUT2D eigenvalue weighted by atomic mass is 10.1. The zero-order chi connectivity index (χ0) is 9.42. The van der Waals surface area contributed by atoms with Crippen LogP contribution in [0.2, 0.25) is 0 Å². The van der Waals surface area contributed by atoms with Gasteiger partial charge in [0, 0.05) is 11.6 Å². The summed E-state index contributed by atoms with van der Waals surface area (Å²) in [6.07, 6.45) is 1.27. The molecule has 0 saturated carbocycles. The number of rotatable bonds is 0. The first-order valence-corrected chi connectivity index (χ1v) is 3.87. The molecule has 13 heavy (non-hydrogen) atoms. The van der Waals surface area contributed by atoms with Crippen LogP contribution in [0.15, 0.2) is 33.7 Å². The van der Waals surface area contributed by atoms with Gasteiger partial charge in [0.05, 0.1) is 11.6 Å². The molecule has 3 heteroatoms. The van der Waals surface area contributed by atoms with Crippen molar-refractivity contribution in [3.63, 3.8) is 0 Å². The Bertz CT molecular complexity index is 514. The molecule has 2 nitrogen and oxygen atoms in total. The maximum Gasteiger partial charge on any atom is 0.192 e. The molecule has 2 rings (SSSR count). The molecule has 1 heterocycles. The Morgan fingerprint density at radius 3 is 2.85 bits per heavy atom. The molecule has 0 radical (unpaired) electrons. The standard InChI is InChI=1S/C10H7FO2/c1-6-8(11)3-2-7-9(12)4-5-13-10(6)7/h2-5H,1H3. The maximum absolute atomic E-state index is 13.0. The third kappa shape index (κ3) is 1.13. The quantitative estimate of drug-likeness (QED) is 0.619. The molecule has 0 aliphatic heterocycles. The van der Waals surface area contributed by atoms with Gasteiger partial charge in [-0.15, -0.1) is 0 Å². The highest BCUT2D eigenvalue weighted by Crippen LogP contribution is 2.17. The van der Waals surface area contributed by atoms with Gasteiger partial charge in [0.2, 0.25) is 0 Å². The molecule has 0 aliphatic carbocycles.